The van der Waals surface area contributed by atoms with Crippen LogP contribution in [-0.4, -0.2) is 61.0 Å². The Bertz CT molecular complexity index is 791. The van der Waals surface area contributed by atoms with Crippen LogP contribution in [0.4, 0.5) is 5.69 Å². The van der Waals surface area contributed by atoms with E-state index in [4.69, 9.17) is 9.47 Å². The van der Waals surface area contributed by atoms with Gasteiger partial charge in [0.15, 0.2) is 0 Å². The van der Waals surface area contributed by atoms with Crippen molar-refractivity contribution in [1.82, 2.24) is 4.90 Å². The lowest BCUT2D eigenvalue weighted by atomic mass is 9.96. The fourth-order valence-corrected chi connectivity index (χ4v) is 3.88. The lowest BCUT2D eigenvalue weighted by molar-refractivity contribution is -0.150. The zero-order valence-corrected chi connectivity index (χ0v) is 16.8. The number of benzene rings is 1. The van der Waals surface area contributed by atoms with E-state index in [1.54, 1.807) is 38.1 Å². The third-order valence-corrected chi connectivity index (χ3v) is 5.27. The molecule has 0 radical (unpaired) electrons. The molecule has 2 fully saturated rings. The molecule has 1 aromatic rings. The lowest BCUT2D eigenvalue weighted by Gasteiger charge is -2.34. The molecule has 0 aliphatic carbocycles. The number of carbonyl (C=O) groups is 4. The molecular formula is C21H26N2O6. The first-order valence-electron chi connectivity index (χ1n) is 10.0. The summed E-state index contributed by atoms with van der Waals surface area (Å²) in [6, 6.07) is 5.64. The summed E-state index contributed by atoms with van der Waals surface area (Å²) < 4.78 is 10.1. The van der Waals surface area contributed by atoms with Crippen LogP contribution in [0.2, 0.25) is 0 Å². The number of rotatable bonds is 6. The van der Waals surface area contributed by atoms with Gasteiger partial charge >= 0.3 is 11.9 Å². The van der Waals surface area contributed by atoms with Gasteiger partial charge in [-0.3, -0.25) is 19.3 Å². The van der Waals surface area contributed by atoms with Crippen LogP contribution >= 0.6 is 0 Å². The van der Waals surface area contributed by atoms with Gasteiger partial charge in [-0.15, -0.1) is 0 Å². The largest absolute Gasteiger partial charge is 0.466 e. The van der Waals surface area contributed by atoms with Crippen LogP contribution < -0.4 is 4.90 Å². The van der Waals surface area contributed by atoms with Crippen molar-refractivity contribution in [3.05, 3.63) is 29.8 Å². The van der Waals surface area contributed by atoms with E-state index in [0.717, 1.165) is 17.7 Å². The zero-order valence-electron chi connectivity index (χ0n) is 16.8. The number of hydrogen-bond acceptors (Lipinski definition) is 7. The molecule has 0 spiro atoms. The molecule has 2 saturated heterocycles. The minimum absolute atomic E-state index is 0.0774. The average molecular weight is 402 g/mol. The molecule has 2 amide bonds. The number of likely N-dealkylation sites (tertiary alicyclic amines) is 1. The predicted molar refractivity (Wildman–Crippen MR) is 104 cm³/mol. The van der Waals surface area contributed by atoms with Crippen molar-refractivity contribution in [3.8, 4) is 0 Å². The summed E-state index contributed by atoms with van der Waals surface area (Å²) >= 11 is 0. The zero-order chi connectivity index (χ0) is 21.0. The number of piperidine rings is 1. The summed E-state index contributed by atoms with van der Waals surface area (Å²) in [6.07, 6.45) is 1.58. The van der Waals surface area contributed by atoms with Crippen molar-refractivity contribution in [1.29, 1.82) is 0 Å². The molecule has 8 nitrogen and oxygen atoms in total. The molecular weight excluding hydrogens is 376 g/mol. The number of amides is 2. The summed E-state index contributed by atoms with van der Waals surface area (Å²) in [5, 5.41) is 0. The third-order valence-electron chi connectivity index (χ3n) is 5.27. The Morgan fingerprint density at radius 2 is 1.76 bits per heavy atom. The standard InChI is InChI=1S/C21H26N2O6/c1-3-28-20(26)14-7-9-16(10-8-14)23-18(24)12-17(19(23)25)22-11-5-6-15(13-22)21(27)29-4-2/h7-10,15,17H,3-6,11-13H2,1-2H3/t15-,17-/m0/s1. The van der Waals surface area contributed by atoms with Crippen LogP contribution in [0.25, 0.3) is 0 Å². The Balaban J connectivity index is 1.71. The minimum atomic E-state index is -0.579. The summed E-state index contributed by atoms with van der Waals surface area (Å²) in [4.78, 5) is 52.5. The van der Waals surface area contributed by atoms with Crippen LogP contribution in [0, 0.1) is 5.92 Å². The molecule has 3 rings (SSSR count). The van der Waals surface area contributed by atoms with Crippen molar-refractivity contribution < 1.29 is 28.7 Å². The number of nitrogens with zero attached hydrogens (tertiary/aromatic N) is 2. The molecule has 0 aromatic heterocycles. The van der Waals surface area contributed by atoms with Gasteiger partial charge in [0, 0.05) is 6.54 Å². The Morgan fingerprint density at radius 3 is 2.41 bits per heavy atom. The van der Waals surface area contributed by atoms with Crippen LogP contribution in [0.5, 0.6) is 0 Å². The van der Waals surface area contributed by atoms with E-state index in [2.05, 4.69) is 0 Å². The monoisotopic (exact) mass is 402 g/mol. The van der Waals surface area contributed by atoms with Crippen LogP contribution in [0.1, 0.15) is 43.5 Å². The molecule has 2 heterocycles. The van der Waals surface area contributed by atoms with Gasteiger partial charge in [0.1, 0.15) is 0 Å². The quantitative estimate of drug-likeness (QED) is 0.529. The van der Waals surface area contributed by atoms with E-state index in [-0.39, 0.29) is 36.7 Å². The molecule has 0 unspecified atom stereocenters. The maximum absolute atomic E-state index is 13.0. The van der Waals surface area contributed by atoms with Gasteiger partial charge in [0.05, 0.1) is 42.8 Å². The van der Waals surface area contributed by atoms with Crippen LogP contribution in [-0.2, 0) is 23.9 Å². The van der Waals surface area contributed by atoms with E-state index >= 15 is 0 Å². The normalized spacial score (nSPS) is 22.6. The Morgan fingerprint density at radius 1 is 1.07 bits per heavy atom. The number of ether oxygens (including phenoxy) is 2. The van der Waals surface area contributed by atoms with Crippen LogP contribution in [0.3, 0.4) is 0 Å². The first-order valence-corrected chi connectivity index (χ1v) is 10.0. The van der Waals surface area contributed by atoms with Gasteiger partial charge in [-0.25, -0.2) is 9.69 Å². The Labute approximate surface area is 169 Å². The van der Waals surface area contributed by atoms with Gasteiger partial charge in [-0.2, -0.15) is 0 Å². The number of imide groups is 1. The topological polar surface area (TPSA) is 93.2 Å². The second kappa shape index (κ2) is 9.17. The fraction of sp³-hybridized carbons (Fsp3) is 0.524. The second-order valence-corrected chi connectivity index (χ2v) is 7.14. The number of hydrogen-bond donors (Lipinski definition) is 0. The maximum atomic E-state index is 13.0. The molecule has 1 aromatic carbocycles. The van der Waals surface area contributed by atoms with Crippen molar-refractivity contribution in [2.75, 3.05) is 31.2 Å². The van der Waals surface area contributed by atoms with Crippen molar-refractivity contribution in [2.45, 2.75) is 39.2 Å². The summed E-state index contributed by atoms with van der Waals surface area (Å²) in [5.74, 6) is -1.57. The van der Waals surface area contributed by atoms with Crippen molar-refractivity contribution in [2.24, 2.45) is 5.92 Å². The first kappa shape index (κ1) is 21.0. The van der Waals surface area contributed by atoms with E-state index in [1.165, 1.54) is 0 Å². The molecule has 0 N–H and O–H groups in total. The fourth-order valence-electron chi connectivity index (χ4n) is 3.88. The Hall–Kier alpha value is -2.74. The Kier molecular flexibility index (Phi) is 6.64. The van der Waals surface area contributed by atoms with Gasteiger partial charge in [-0.1, -0.05) is 0 Å². The smallest absolute Gasteiger partial charge is 0.338 e. The molecule has 2 atom stereocenters. The first-order chi connectivity index (χ1) is 14.0. The highest BCUT2D eigenvalue weighted by atomic mass is 16.5. The van der Waals surface area contributed by atoms with Gasteiger partial charge in [0.2, 0.25) is 5.91 Å². The highest BCUT2D eigenvalue weighted by Gasteiger charge is 2.44. The minimum Gasteiger partial charge on any atom is -0.466 e. The molecule has 156 valence electrons. The SMILES string of the molecule is CCOC(=O)c1ccc(N2C(=O)C[C@H](N3CCC[C@H](C(=O)OCC)C3)C2=O)cc1. The van der Waals surface area contributed by atoms with E-state index < -0.39 is 12.0 Å². The number of carbonyl (C=O) groups excluding carboxylic acids is 4. The molecule has 2 aliphatic heterocycles. The van der Waals surface area contributed by atoms with Crippen LogP contribution in [0.15, 0.2) is 24.3 Å². The van der Waals surface area contributed by atoms with Gasteiger partial charge in [0.25, 0.3) is 5.91 Å². The molecule has 29 heavy (non-hydrogen) atoms. The molecule has 0 saturated carbocycles. The average Bonchev–Trinajstić information content (AvgIpc) is 3.02. The second-order valence-electron chi connectivity index (χ2n) is 7.14. The molecule has 8 heteroatoms. The van der Waals surface area contributed by atoms with Crippen molar-refractivity contribution in [3.63, 3.8) is 0 Å². The summed E-state index contributed by atoms with van der Waals surface area (Å²) in [6.45, 7) is 5.16. The van der Waals surface area contributed by atoms with E-state index in [0.29, 0.717) is 30.9 Å². The predicted octanol–water partition coefficient (Wildman–Crippen LogP) is 1.77. The maximum Gasteiger partial charge on any atom is 0.338 e. The summed E-state index contributed by atoms with van der Waals surface area (Å²) in [7, 11) is 0. The highest BCUT2D eigenvalue weighted by molar-refractivity contribution is 6.22. The lowest BCUT2D eigenvalue weighted by Crippen LogP contribution is -2.48. The van der Waals surface area contributed by atoms with Crippen molar-refractivity contribution >= 4 is 29.4 Å². The molecule has 0 bridgehead atoms. The van der Waals surface area contributed by atoms with E-state index in [9.17, 15) is 19.2 Å². The summed E-state index contributed by atoms with van der Waals surface area (Å²) in [5.41, 5.74) is 0.786. The highest BCUT2D eigenvalue weighted by Crippen LogP contribution is 2.29. The number of esters is 2. The number of anilines is 1. The van der Waals surface area contributed by atoms with Gasteiger partial charge < -0.3 is 9.47 Å². The van der Waals surface area contributed by atoms with E-state index in [1.807, 2.05) is 4.90 Å². The van der Waals surface area contributed by atoms with Gasteiger partial charge in [-0.05, 0) is 57.5 Å². The third kappa shape index (κ3) is 4.48. The molecule has 2 aliphatic rings.